The van der Waals surface area contributed by atoms with Gasteiger partial charge in [0.25, 0.3) is 0 Å². The number of hydrogen-bond donors (Lipinski definition) is 10. The fraction of sp³-hybridized carbons (Fsp3) is 0.696. The molecule has 228 valence electrons. The van der Waals surface area contributed by atoms with Crippen LogP contribution >= 0.6 is 0 Å². The molecule has 4 amide bonds. The molecule has 0 unspecified atom stereocenters. The summed E-state index contributed by atoms with van der Waals surface area (Å²) in [7, 11) is 0. The van der Waals surface area contributed by atoms with E-state index in [0.717, 1.165) is 0 Å². The quantitative estimate of drug-likeness (QED) is 0.0382. The van der Waals surface area contributed by atoms with Crippen molar-refractivity contribution in [3.63, 3.8) is 0 Å². The molecule has 17 nitrogen and oxygen atoms in total. The summed E-state index contributed by atoms with van der Waals surface area (Å²) in [6, 6.07) is -5.00. The van der Waals surface area contributed by atoms with Gasteiger partial charge in [-0.1, -0.05) is 20.3 Å². The van der Waals surface area contributed by atoms with Crippen LogP contribution in [-0.4, -0.2) is 95.5 Å². The van der Waals surface area contributed by atoms with E-state index in [9.17, 15) is 33.9 Å². The minimum Gasteiger partial charge on any atom is -0.481 e. The first-order valence-electron chi connectivity index (χ1n) is 12.8. The van der Waals surface area contributed by atoms with Gasteiger partial charge in [-0.25, -0.2) is 4.79 Å². The molecular formula is C23H43N9O8. The highest BCUT2D eigenvalue weighted by Crippen LogP contribution is 2.06. The first kappa shape index (κ1) is 36.0. The lowest BCUT2D eigenvalue weighted by molar-refractivity contribution is -0.147. The van der Waals surface area contributed by atoms with Gasteiger partial charge in [0.1, 0.15) is 18.1 Å². The second-order valence-corrected chi connectivity index (χ2v) is 9.41. The molecule has 0 aromatic heterocycles. The maximum atomic E-state index is 13.1. The number of guanidine groups is 1. The van der Waals surface area contributed by atoms with Crippen molar-refractivity contribution in [2.45, 2.75) is 76.5 Å². The Morgan fingerprint density at radius 2 is 1.45 bits per heavy atom. The molecule has 0 fully saturated rings. The number of nitrogens with two attached hydrogens (primary N) is 4. The second-order valence-electron chi connectivity index (χ2n) is 9.41. The highest BCUT2D eigenvalue weighted by Gasteiger charge is 2.31. The van der Waals surface area contributed by atoms with Gasteiger partial charge in [0.05, 0.1) is 19.0 Å². The third kappa shape index (κ3) is 15.4. The highest BCUT2D eigenvalue weighted by molar-refractivity contribution is 5.95. The zero-order valence-corrected chi connectivity index (χ0v) is 22.9. The van der Waals surface area contributed by atoms with Crippen LogP contribution in [0.25, 0.3) is 0 Å². The Balaban J connectivity index is 5.39. The predicted octanol–water partition coefficient (Wildman–Crippen LogP) is -3.72. The van der Waals surface area contributed by atoms with Crippen molar-refractivity contribution in [2.75, 3.05) is 19.6 Å². The number of amides is 4. The van der Waals surface area contributed by atoms with Gasteiger partial charge in [-0.15, -0.1) is 0 Å². The standard InChI is InChI=1S/C23H43N9O8/c1-12(2)18(32-16(33)11-29-19(36)13(25)6-3-4-8-24)21(38)30-14(7-5-9-28-23(26)27)20(37)31-15(22(39)40)10-17(34)35/h12-15,18H,3-11,24-25H2,1-2H3,(H,29,36)(H,30,38)(H,31,37)(H,32,33)(H,34,35)(H,39,40)(H4,26,27,28)/t13-,14-,15-,18-/m0/s1. The molecule has 0 spiro atoms. The van der Waals surface area contributed by atoms with Crippen molar-refractivity contribution in [3.8, 4) is 0 Å². The fourth-order valence-electron chi connectivity index (χ4n) is 3.38. The SMILES string of the molecule is CC(C)[C@H](NC(=O)CNC(=O)[C@@H](N)CCCCN)C(=O)N[C@@H](CCCN=C(N)N)C(=O)N[C@@H](CC(=O)O)C(=O)O. The maximum Gasteiger partial charge on any atom is 0.326 e. The van der Waals surface area contributed by atoms with E-state index in [1.54, 1.807) is 13.8 Å². The zero-order chi connectivity index (χ0) is 30.8. The molecule has 0 saturated carbocycles. The third-order valence-electron chi connectivity index (χ3n) is 5.57. The van der Waals surface area contributed by atoms with Crippen LogP contribution in [0.15, 0.2) is 4.99 Å². The largest absolute Gasteiger partial charge is 0.481 e. The number of aliphatic imine (C=N–C) groups is 1. The highest BCUT2D eigenvalue weighted by atomic mass is 16.4. The van der Waals surface area contributed by atoms with Gasteiger partial charge >= 0.3 is 11.9 Å². The van der Waals surface area contributed by atoms with Crippen molar-refractivity contribution in [2.24, 2.45) is 33.8 Å². The lowest BCUT2D eigenvalue weighted by atomic mass is 10.0. The number of aliphatic carboxylic acids is 2. The average Bonchev–Trinajstić information content (AvgIpc) is 2.86. The number of carbonyl (C=O) groups excluding carboxylic acids is 4. The fourth-order valence-corrected chi connectivity index (χ4v) is 3.38. The zero-order valence-electron chi connectivity index (χ0n) is 22.9. The minimum absolute atomic E-state index is 0.0371. The topological polar surface area (TPSA) is 307 Å². The lowest BCUT2D eigenvalue weighted by Crippen LogP contribution is -2.58. The van der Waals surface area contributed by atoms with Crippen molar-refractivity contribution in [3.05, 3.63) is 0 Å². The molecule has 17 heteroatoms. The monoisotopic (exact) mass is 573 g/mol. The summed E-state index contributed by atoms with van der Waals surface area (Å²) in [6.07, 6.45) is 1.02. The van der Waals surface area contributed by atoms with Gasteiger partial charge in [0.2, 0.25) is 23.6 Å². The number of nitrogens with one attached hydrogen (secondary N) is 4. The third-order valence-corrected chi connectivity index (χ3v) is 5.57. The predicted molar refractivity (Wildman–Crippen MR) is 144 cm³/mol. The van der Waals surface area contributed by atoms with E-state index in [1.807, 2.05) is 0 Å². The van der Waals surface area contributed by atoms with E-state index in [0.29, 0.717) is 25.8 Å². The van der Waals surface area contributed by atoms with Gasteiger partial charge < -0.3 is 54.4 Å². The van der Waals surface area contributed by atoms with Crippen LogP contribution in [0.2, 0.25) is 0 Å². The summed E-state index contributed by atoms with van der Waals surface area (Å²) >= 11 is 0. The summed E-state index contributed by atoms with van der Waals surface area (Å²) in [6.45, 7) is 3.39. The number of hydrogen-bond acceptors (Lipinski definition) is 9. The molecule has 0 aliphatic carbocycles. The van der Waals surface area contributed by atoms with Crippen LogP contribution in [-0.2, 0) is 28.8 Å². The summed E-state index contributed by atoms with van der Waals surface area (Å²) < 4.78 is 0. The molecule has 0 radical (unpaired) electrons. The Hall–Kier alpha value is -3.99. The summed E-state index contributed by atoms with van der Waals surface area (Å²) in [4.78, 5) is 76.6. The van der Waals surface area contributed by atoms with E-state index in [-0.39, 0.29) is 25.3 Å². The Kier molecular flexibility index (Phi) is 17.2. The van der Waals surface area contributed by atoms with Crippen LogP contribution in [0.3, 0.4) is 0 Å². The van der Waals surface area contributed by atoms with Gasteiger partial charge in [0.15, 0.2) is 5.96 Å². The number of carboxylic acid groups (broad SMARTS) is 2. The van der Waals surface area contributed by atoms with E-state index >= 15 is 0 Å². The number of nitrogens with zero attached hydrogens (tertiary/aromatic N) is 1. The van der Waals surface area contributed by atoms with Crippen LogP contribution in [0.1, 0.15) is 52.4 Å². The minimum atomic E-state index is -1.74. The Labute approximate surface area is 232 Å². The molecule has 0 aromatic rings. The van der Waals surface area contributed by atoms with Crippen LogP contribution in [0.4, 0.5) is 0 Å². The molecule has 0 aliphatic heterocycles. The molecule has 0 heterocycles. The maximum absolute atomic E-state index is 13.1. The van der Waals surface area contributed by atoms with Crippen LogP contribution < -0.4 is 44.2 Å². The second kappa shape index (κ2) is 19.1. The molecule has 0 aromatic carbocycles. The lowest BCUT2D eigenvalue weighted by Gasteiger charge is -2.26. The van der Waals surface area contributed by atoms with E-state index in [4.69, 9.17) is 28.0 Å². The summed E-state index contributed by atoms with van der Waals surface area (Å²) in [5.41, 5.74) is 21.8. The number of rotatable bonds is 20. The number of carbonyl (C=O) groups is 6. The van der Waals surface area contributed by atoms with Gasteiger partial charge in [0, 0.05) is 6.54 Å². The van der Waals surface area contributed by atoms with Gasteiger partial charge in [-0.2, -0.15) is 0 Å². The van der Waals surface area contributed by atoms with E-state index < -0.39 is 78.6 Å². The molecule has 4 atom stereocenters. The van der Waals surface area contributed by atoms with Gasteiger partial charge in [-0.3, -0.25) is 29.0 Å². The molecule has 0 saturated heterocycles. The van der Waals surface area contributed by atoms with Crippen molar-refractivity contribution >= 4 is 41.5 Å². The van der Waals surface area contributed by atoms with Gasteiger partial charge in [-0.05, 0) is 38.1 Å². The Bertz CT molecular complexity index is 909. The molecule has 40 heavy (non-hydrogen) atoms. The molecule has 0 rings (SSSR count). The van der Waals surface area contributed by atoms with Crippen LogP contribution in [0.5, 0.6) is 0 Å². The van der Waals surface area contributed by atoms with Crippen molar-refractivity contribution < 1.29 is 39.0 Å². The Morgan fingerprint density at radius 1 is 0.825 bits per heavy atom. The molecule has 0 aliphatic rings. The van der Waals surface area contributed by atoms with Crippen molar-refractivity contribution in [1.82, 2.24) is 21.3 Å². The average molecular weight is 574 g/mol. The smallest absolute Gasteiger partial charge is 0.326 e. The summed E-state index contributed by atoms with van der Waals surface area (Å²) in [5, 5.41) is 27.6. The molecular weight excluding hydrogens is 530 g/mol. The first-order chi connectivity index (χ1) is 18.7. The van der Waals surface area contributed by atoms with E-state index in [2.05, 4.69) is 26.3 Å². The number of carboxylic acids is 2. The van der Waals surface area contributed by atoms with Crippen LogP contribution in [0, 0.1) is 5.92 Å². The molecule has 14 N–H and O–H groups in total. The molecule has 0 bridgehead atoms. The Morgan fingerprint density at radius 3 is 1.98 bits per heavy atom. The summed E-state index contributed by atoms with van der Waals surface area (Å²) in [5.74, 6) is -6.60. The van der Waals surface area contributed by atoms with Crippen molar-refractivity contribution in [1.29, 1.82) is 0 Å². The normalized spacial score (nSPS) is 13.7. The first-order valence-corrected chi connectivity index (χ1v) is 12.8. The van der Waals surface area contributed by atoms with E-state index in [1.165, 1.54) is 0 Å². The number of unbranched alkanes of at least 4 members (excludes halogenated alkanes) is 1.